The average molecular weight is 233 g/mol. The molecule has 0 radical (unpaired) electrons. The normalized spacial score (nSPS) is 16.6. The minimum atomic E-state index is 0.345. The Balaban J connectivity index is 2.00. The lowest BCUT2D eigenvalue weighted by molar-refractivity contribution is -0.119. The van der Waals surface area contributed by atoms with Gasteiger partial charge in [0, 0.05) is 38.3 Å². The zero-order valence-electron chi connectivity index (χ0n) is 10.5. The van der Waals surface area contributed by atoms with Crippen molar-refractivity contribution >= 4 is 11.7 Å². The van der Waals surface area contributed by atoms with E-state index in [2.05, 4.69) is 28.7 Å². The summed E-state index contributed by atoms with van der Waals surface area (Å²) in [6, 6.07) is 0. The average Bonchev–Trinajstić information content (AvgIpc) is 2.30. The fourth-order valence-corrected chi connectivity index (χ4v) is 2.04. The van der Waals surface area contributed by atoms with Gasteiger partial charge < -0.3 is 4.90 Å². The van der Waals surface area contributed by atoms with Crippen LogP contribution >= 0.6 is 0 Å². The fourth-order valence-electron chi connectivity index (χ4n) is 2.04. The lowest BCUT2D eigenvalue weighted by Gasteiger charge is -2.25. The summed E-state index contributed by atoms with van der Waals surface area (Å²) in [7, 11) is 0. The predicted octanol–water partition coefficient (Wildman–Crippen LogP) is 1.84. The lowest BCUT2D eigenvalue weighted by atomic mass is 10.1. The van der Waals surface area contributed by atoms with Crippen molar-refractivity contribution in [3.63, 3.8) is 0 Å². The molecule has 2 heterocycles. The highest BCUT2D eigenvalue weighted by atomic mass is 16.1. The van der Waals surface area contributed by atoms with E-state index < -0.39 is 0 Å². The Morgan fingerprint density at radius 3 is 2.35 bits per heavy atom. The number of carbonyl (C=O) groups excluding carboxylic acids is 1. The maximum atomic E-state index is 11.1. The summed E-state index contributed by atoms with van der Waals surface area (Å²) < 4.78 is 0. The van der Waals surface area contributed by atoms with Crippen molar-refractivity contribution in [2.75, 3.05) is 18.0 Å². The van der Waals surface area contributed by atoms with Gasteiger partial charge in [-0.15, -0.1) is 0 Å². The third kappa shape index (κ3) is 3.25. The molecule has 92 valence electrons. The smallest absolute Gasteiger partial charge is 0.225 e. The van der Waals surface area contributed by atoms with E-state index in [0.717, 1.165) is 25.5 Å². The van der Waals surface area contributed by atoms with Crippen LogP contribution in [0.1, 0.15) is 32.3 Å². The van der Waals surface area contributed by atoms with Gasteiger partial charge in [-0.1, -0.05) is 13.8 Å². The molecular weight excluding hydrogens is 214 g/mol. The minimum Gasteiger partial charge on any atom is -0.340 e. The van der Waals surface area contributed by atoms with E-state index in [-0.39, 0.29) is 0 Å². The molecule has 4 heteroatoms. The standard InChI is InChI=1S/C13H19N3O/c1-10(2)7-11-8-14-13(15-9-11)16-5-3-12(17)4-6-16/h8-10H,3-7H2,1-2H3. The monoisotopic (exact) mass is 233 g/mol. The third-order valence-corrected chi connectivity index (χ3v) is 2.94. The molecule has 17 heavy (non-hydrogen) atoms. The van der Waals surface area contributed by atoms with Crippen LogP contribution in [0.3, 0.4) is 0 Å². The van der Waals surface area contributed by atoms with Gasteiger partial charge in [0.25, 0.3) is 0 Å². The maximum Gasteiger partial charge on any atom is 0.225 e. The number of carbonyl (C=O) groups is 1. The molecule has 1 saturated heterocycles. The van der Waals surface area contributed by atoms with E-state index in [4.69, 9.17) is 0 Å². The van der Waals surface area contributed by atoms with Crippen molar-refractivity contribution in [1.82, 2.24) is 9.97 Å². The van der Waals surface area contributed by atoms with Crippen molar-refractivity contribution in [2.24, 2.45) is 5.92 Å². The summed E-state index contributed by atoms with van der Waals surface area (Å²) in [5.41, 5.74) is 1.18. The molecule has 0 amide bonds. The number of hydrogen-bond donors (Lipinski definition) is 0. The first-order chi connectivity index (χ1) is 8.15. The van der Waals surface area contributed by atoms with Crippen molar-refractivity contribution in [1.29, 1.82) is 0 Å². The summed E-state index contributed by atoms with van der Waals surface area (Å²) in [5.74, 6) is 1.72. The summed E-state index contributed by atoms with van der Waals surface area (Å²) in [6.07, 6.45) is 6.06. The van der Waals surface area contributed by atoms with Crippen molar-refractivity contribution in [2.45, 2.75) is 33.1 Å². The number of anilines is 1. The van der Waals surface area contributed by atoms with E-state index in [0.29, 0.717) is 24.5 Å². The SMILES string of the molecule is CC(C)Cc1cnc(N2CCC(=O)CC2)nc1. The van der Waals surface area contributed by atoms with E-state index in [1.54, 1.807) is 0 Å². The second kappa shape index (κ2) is 5.25. The van der Waals surface area contributed by atoms with Crippen LogP contribution in [0.15, 0.2) is 12.4 Å². The van der Waals surface area contributed by atoms with Crippen LogP contribution in [0.5, 0.6) is 0 Å². The molecule has 2 rings (SSSR count). The van der Waals surface area contributed by atoms with E-state index in [9.17, 15) is 4.79 Å². The van der Waals surface area contributed by atoms with Gasteiger partial charge in [0.2, 0.25) is 5.95 Å². The van der Waals surface area contributed by atoms with Gasteiger partial charge in [-0.2, -0.15) is 0 Å². The molecule has 0 aliphatic carbocycles. The summed E-state index contributed by atoms with van der Waals surface area (Å²) in [6.45, 7) is 5.87. The van der Waals surface area contributed by atoms with Crippen LogP contribution in [-0.2, 0) is 11.2 Å². The summed E-state index contributed by atoms with van der Waals surface area (Å²) in [4.78, 5) is 22.0. The number of hydrogen-bond acceptors (Lipinski definition) is 4. The fraction of sp³-hybridized carbons (Fsp3) is 0.615. The lowest BCUT2D eigenvalue weighted by Crippen LogP contribution is -2.34. The molecule has 0 unspecified atom stereocenters. The maximum absolute atomic E-state index is 11.1. The van der Waals surface area contributed by atoms with Gasteiger partial charge in [0.1, 0.15) is 5.78 Å². The topological polar surface area (TPSA) is 46.1 Å². The van der Waals surface area contributed by atoms with Gasteiger partial charge in [-0.25, -0.2) is 9.97 Å². The highest BCUT2D eigenvalue weighted by molar-refractivity contribution is 5.80. The van der Waals surface area contributed by atoms with Crippen LogP contribution in [0.25, 0.3) is 0 Å². The number of nitrogens with zero attached hydrogens (tertiary/aromatic N) is 3. The van der Waals surface area contributed by atoms with Gasteiger partial charge in [-0.05, 0) is 17.9 Å². The van der Waals surface area contributed by atoms with Crippen LogP contribution in [0.4, 0.5) is 5.95 Å². The van der Waals surface area contributed by atoms with E-state index in [1.807, 2.05) is 12.4 Å². The van der Waals surface area contributed by atoms with Gasteiger partial charge in [0.15, 0.2) is 0 Å². The molecule has 1 aliphatic rings. The number of rotatable bonds is 3. The molecule has 4 nitrogen and oxygen atoms in total. The Kier molecular flexibility index (Phi) is 3.71. The van der Waals surface area contributed by atoms with Crippen LogP contribution in [0, 0.1) is 5.92 Å². The van der Waals surface area contributed by atoms with Crippen LogP contribution in [-0.4, -0.2) is 28.8 Å². The first-order valence-electron chi connectivity index (χ1n) is 6.22. The molecule has 1 aromatic rings. The summed E-state index contributed by atoms with van der Waals surface area (Å²) >= 11 is 0. The molecule has 0 spiro atoms. The molecule has 1 aromatic heterocycles. The Bertz CT molecular complexity index is 376. The number of piperidine rings is 1. The van der Waals surface area contributed by atoms with Gasteiger partial charge in [-0.3, -0.25) is 4.79 Å². The molecular formula is C13H19N3O. The largest absolute Gasteiger partial charge is 0.340 e. The number of Topliss-reactive ketones (excluding diaryl/α,β-unsaturated/α-hetero) is 1. The zero-order chi connectivity index (χ0) is 12.3. The van der Waals surface area contributed by atoms with Crippen LogP contribution in [0.2, 0.25) is 0 Å². The first kappa shape index (κ1) is 12.0. The second-order valence-electron chi connectivity index (χ2n) is 5.02. The molecule has 0 atom stereocenters. The van der Waals surface area contributed by atoms with Crippen molar-refractivity contribution < 1.29 is 4.79 Å². The van der Waals surface area contributed by atoms with E-state index >= 15 is 0 Å². The molecule has 1 fully saturated rings. The molecule has 0 bridgehead atoms. The molecule has 0 N–H and O–H groups in total. The highest BCUT2D eigenvalue weighted by Crippen LogP contribution is 2.14. The molecule has 0 saturated carbocycles. The number of aromatic nitrogens is 2. The van der Waals surface area contributed by atoms with Gasteiger partial charge in [0.05, 0.1) is 0 Å². The number of ketones is 1. The first-order valence-corrected chi connectivity index (χ1v) is 6.22. The quantitative estimate of drug-likeness (QED) is 0.799. The zero-order valence-corrected chi connectivity index (χ0v) is 10.5. The third-order valence-electron chi connectivity index (χ3n) is 2.94. The highest BCUT2D eigenvalue weighted by Gasteiger charge is 2.18. The van der Waals surface area contributed by atoms with Crippen LogP contribution < -0.4 is 4.90 Å². The second-order valence-corrected chi connectivity index (χ2v) is 5.02. The Morgan fingerprint density at radius 1 is 1.24 bits per heavy atom. The Morgan fingerprint density at radius 2 is 1.82 bits per heavy atom. The Hall–Kier alpha value is -1.45. The summed E-state index contributed by atoms with van der Waals surface area (Å²) in [5, 5.41) is 0. The molecule has 0 aromatic carbocycles. The van der Waals surface area contributed by atoms with Crippen molar-refractivity contribution in [3.05, 3.63) is 18.0 Å². The van der Waals surface area contributed by atoms with E-state index in [1.165, 1.54) is 5.56 Å². The molecule has 1 aliphatic heterocycles. The predicted molar refractivity (Wildman–Crippen MR) is 67.0 cm³/mol. The minimum absolute atomic E-state index is 0.345. The van der Waals surface area contributed by atoms with Gasteiger partial charge >= 0.3 is 0 Å². The van der Waals surface area contributed by atoms with Crippen molar-refractivity contribution in [3.8, 4) is 0 Å². The Labute approximate surface area is 102 Å².